The molecule has 0 aliphatic rings. The smallest absolute Gasteiger partial charge is 0.408 e. The molecule has 1 rings (SSSR count). The third-order valence-electron chi connectivity index (χ3n) is 1.55. The summed E-state index contributed by atoms with van der Waals surface area (Å²) < 4.78 is 35.9. The Balaban J connectivity index is 3.21. The number of carboxylic acid groups (broad SMARTS) is 1. The number of carbonyl (C=O) groups is 1. The molecule has 10 heteroatoms. The van der Waals surface area contributed by atoms with Crippen molar-refractivity contribution in [1.82, 2.24) is 9.78 Å². The number of hydrogen-bond acceptors (Lipinski definition) is 4. The molecule has 1 heterocycles. The van der Waals surface area contributed by atoms with E-state index < -0.39 is 35.0 Å². The Morgan fingerprint density at radius 2 is 2.19 bits per heavy atom. The summed E-state index contributed by atoms with van der Waals surface area (Å²) in [5.74, 6) is -1.84. The molecule has 0 amide bonds. The van der Waals surface area contributed by atoms with Gasteiger partial charge < -0.3 is 5.11 Å². The Kier molecular flexibility index (Phi) is 2.83. The van der Waals surface area contributed by atoms with E-state index in [1.807, 2.05) is 0 Å². The Hall–Kier alpha value is -2.13. The van der Waals surface area contributed by atoms with Crippen LogP contribution in [0, 0.1) is 10.1 Å². The number of alkyl halides is 3. The first kappa shape index (κ1) is 11.9. The summed E-state index contributed by atoms with van der Waals surface area (Å²) >= 11 is 0. The maximum Gasteiger partial charge on any atom is 0.408 e. The summed E-state index contributed by atoms with van der Waals surface area (Å²) in [6.45, 7) is -1.69. The quantitative estimate of drug-likeness (QED) is 0.627. The lowest BCUT2D eigenvalue weighted by molar-refractivity contribution is -0.385. The molecular weight excluding hydrogens is 235 g/mol. The largest absolute Gasteiger partial charge is 0.476 e. The van der Waals surface area contributed by atoms with Crippen LogP contribution in [0.4, 0.5) is 18.9 Å². The van der Waals surface area contributed by atoms with Crippen molar-refractivity contribution in [3.63, 3.8) is 0 Å². The van der Waals surface area contributed by atoms with Crippen LogP contribution in [0.1, 0.15) is 10.5 Å². The minimum Gasteiger partial charge on any atom is -0.476 e. The van der Waals surface area contributed by atoms with E-state index in [9.17, 15) is 28.1 Å². The summed E-state index contributed by atoms with van der Waals surface area (Å²) in [6, 6.07) is 0. The first-order valence-corrected chi connectivity index (χ1v) is 3.72. The molecule has 0 aliphatic carbocycles. The second-order valence-corrected chi connectivity index (χ2v) is 2.71. The van der Waals surface area contributed by atoms with E-state index in [2.05, 4.69) is 5.10 Å². The van der Waals surface area contributed by atoms with E-state index >= 15 is 0 Å². The predicted octanol–water partition coefficient (Wildman–Crippen LogP) is 1.05. The van der Waals surface area contributed by atoms with E-state index in [4.69, 9.17) is 5.11 Å². The van der Waals surface area contributed by atoms with Crippen LogP contribution in [0.2, 0.25) is 0 Å². The molecule has 0 spiro atoms. The first-order chi connectivity index (χ1) is 7.22. The number of nitrogens with zero attached hydrogens (tertiary/aromatic N) is 3. The third-order valence-corrected chi connectivity index (χ3v) is 1.55. The lowest BCUT2D eigenvalue weighted by Crippen LogP contribution is -2.22. The molecule has 0 saturated heterocycles. The molecule has 0 atom stereocenters. The monoisotopic (exact) mass is 239 g/mol. The van der Waals surface area contributed by atoms with Crippen molar-refractivity contribution in [2.45, 2.75) is 12.7 Å². The number of aromatic carboxylic acids is 1. The molecule has 0 aromatic carbocycles. The second-order valence-electron chi connectivity index (χ2n) is 2.71. The maximum absolute atomic E-state index is 12.0. The van der Waals surface area contributed by atoms with Gasteiger partial charge in [-0.15, -0.1) is 0 Å². The number of hydrogen-bond donors (Lipinski definition) is 1. The fourth-order valence-electron chi connectivity index (χ4n) is 1.02. The van der Waals surface area contributed by atoms with Crippen LogP contribution in [0.15, 0.2) is 6.20 Å². The molecule has 16 heavy (non-hydrogen) atoms. The van der Waals surface area contributed by atoms with E-state index in [1.54, 1.807) is 0 Å². The molecule has 0 saturated carbocycles. The van der Waals surface area contributed by atoms with Gasteiger partial charge in [0.15, 0.2) is 0 Å². The molecule has 1 aromatic heterocycles. The lowest BCUT2D eigenvalue weighted by atomic mass is 10.3. The number of aromatic nitrogens is 2. The maximum atomic E-state index is 12.0. The van der Waals surface area contributed by atoms with Crippen LogP contribution in [0.5, 0.6) is 0 Å². The summed E-state index contributed by atoms with van der Waals surface area (Å²) in [6.07, 6.45) is -4.24. The third kappa shape index (κ3) is 2.46. The number of nitro groups is 1. The number of rotatable bonds is 3. The Labute approximate surface area is 85.2 Å². The van der Waals surface area contributed by atoms with Crippen LogP contribution in [-0.2, 0) is 6.54 Å². The molecule has 88 valence electrons. The minimum absolute atomic E-state index is 0.0282. The Morgan fingerprint density at radius 1 is 1.62 bits per heavy atom. The molecule has 0 unspecified atom stereocenters. The van der Waals surface area contributed by atoms with Gasteiger partial charge in [-0.25, -0.2) is 9.48 Å². The van der Waals surface area contributed by atoms with Crippen molar-refractivity contribution in [3.05, 3.63) is 22.0 Å². The Bertz CT molecular complexity index is 439. The molecule has 0 aliphatic heterocycles. The number of carboxylic acids is 1. The van der Waals surface area contributed by atoms with Crippen LogP contribution in [0.25, 0.3) is 0 Å². The van der Waals surface area contributed by atoms with Crippen LogP contribution in [-0.4, -0.2) is 32.0 Å². The van der Waals surface area contributed by atoms with E-state index in [0.29, 0.717) is 6.20 Å². The van der Waals surface area contributed by atoms with Gasteiger partial charge in [-0.1, -0.05) is 0 Å². The van der Waals surface area contributed by atoms with Crippen molar-refractivity contribution in [1.29, 1.82) is 0 Å². The molecule has 7 nitrogen and oxygen atoms in total. The zero-order valence-corrected chi connectivity index (χ0v) is 7.43. The van der Waals surface area contributed by atoms with Gasteiger partial charge in [0, 0.05) is 0 Å². The van der Waals surface area contributed by atoms with Crippen LogP contribution in [0.3, 0.4) is 0 Å². The second kappa shape index (κ2) is 3.79. The fourth-order valence-corrected chi connectivity index (χ4v) is 1.02. The van der Waals surface area contributed by atoms with E-state index in [0.717, 1.165) is 0 Å². The van der Waals surface area contributed by atoms with Gasteiger partial charge in [-0.3, -0.25) is 10.1 Å². The standard InChI is InChI=1S/C6H4F3N3O4/c7-6(8,9)2-11-4(5(13)14)3(1-10-11)12(15)16/h1H,2H2,(H,13,14). The molecule has 1 aromatic rings. The summed E-state index contributed by atoms with van der Waals surface area (Å²) in [5.41, 5.74) is -2.07. The first-order valence-electron chi connectivity index (χ1n) is 3.72. The topological polar surface area (TPSA) is 98.3 Å². The van der Waals surface area contributed by atoms with Crippen molar-refractivity contribution < 1.29 is 28.0 Å². The van der Waals surface area contributed by atoms with Crippen molar-refractivity contribution in [2.24, 2.45) is 0 Å². The molecular formula is C6H4F3N3O4. The zero-order valence-electron chi connectivity index (χ0n) is 7.43. The van der Waals surface area contributed by atoms with Gasteiger partial charge in [-0.05, 0) is 0 Å². The minimum atomic E-state index is -4.70. The normalized spacial score (nSPS) is 11.4. The van der Waals surface area contributed by atoms with Crippen LogP contribution >= 0.6 is 0 Å². The average molecular weight is 239 g/mol. The molecule has 0 bridgehead atoms. The van der Waals surface area contributed by atoms with Gasteiger partial charge in [0.25, 0.3) is 0 Å². The Morgan fingerprint density at radius 3 is 2.56 bits per heavy atom. The summed E-state index contributed by atoms with van der Waals surface area (Å²) in [7, 11) is 0. The van der Waals surface area contributed by atoms with E-state index in [1.165, 1.54) is 0 Å². The predicted molar refractivity (Wildman–Crippen MR) is 41.9 cm³/mol. The van der Waals surface area contributed by atoms with Gasteiger partial charge in [0.05, 0.1) is 4.92 Å². The van der Waals surface area contributed by atoms with Crippen molar-refractivity contribution in [3.8, 4) is 0 Å². The highest BCUT2D eigenvalue weighted by Gasteiger charge is 2.34. The highest BCUT2D eigenvalue weighted by atomic mass is 19.4. The van der Waals surface area contributed by atoms with Crippen LogP contribution < -0.4 is 0 Å². The molecule has 1 N–H and O–H groups in total. The number of halogens is 3. The molecule has 0 fully saturated rings. The fraction of sp³-hybridized carbons (Fsp3) is 0.333. The average Bonchev–Trinajstić information content (AvgIpc) is 2.44. The van der Waals surface area contributed by atoms with Crippen molar-refractivity contribution >= 4 is 11.7 Å². The lowest BCUT2D eigenvalue weighted by Gasteiger charge is -2.06. The molecule has 0 radical (unpaired) electrons. The highest BCUT2D eigenvalue weighted by molar-refractivity contribution is 5.90. The highest BCUT2D eigenvalue weighted by Crippen LogP contribution is 2.23. The summed E-state index contributed by atoms with van der Waals surface area (Å²) in [5, 5.41) is 21.9. The van der Waals surface area contributed by atoms with Gasteiger partial charge in [0.2, 0.25) is 5.69 Å². The van der Waals surface area contributed by atoms with Gasteiger partial charge in [0.1, 0.15) is 12.7 Å². The van der Waals surface area contributed by atoms with Gasteiger partial charge >= 0.3 is 17.8 Å². The SMILES string of the molecule is O=C(O)c1c([N+](=O)[O-])cnn1CC(F)(F)F. The summed E-state index contributed by atoms with van der Waals surface area (Å²) in [4.78, 5) is 19.8. The van der Waals surface area contributed by atoms with Crippen molar-refractivity contribution in [2.75, 3.05) is 0 Å². The van der Waals surface area contributed by atoms with Gasteiger partial charge in [-0.2, -0.15) is 18.3 Å². The van der Waals surface area contributed by atoms with E-state index in [-0.39, 0.29) is 4.68 Å². The zero-order chi connectivity index (χ0) is 12.5.